The van der Waals surface area contributed by atoms with Gasteiger partial charge in [0.2, 0.25) is 10.0 Å². The van der Waals surface area contributed by atoms with Crippen molar-refractivity contribution in [2.45, 2.75) is 12.8 Å². The lowest BCUT2D eigenvalue weighted by molar-refractivity contribution is 0.350. The van der Waals surface area contributed by atoms with E-state index >= 15 is 0 Å². The van der Waals surface area contributed by atoms with Crippen molar-refractivity contribution >= 4 is 27.3 Å². The van der Waals surface area contributed by atoms with Gasteiger partial charge in [-0.1, -0.05) is 23.4 Å². The van der Waals surface area contributed by atoms with Crippen LogP contribution in [0.3, 0.4) is 0 Å². The van der Waals surface area contributed by atoms with Crippen LogP contribution in [0.15, 0.2) is 18.2 Å². The summed E-state index contributed by atoms with van der Waals surface area (Å²) in [6.07, 6.45) is 1.94. The third-order valence-electron chi connectivity index (χ3n) is 2.70. The first-order valence-electron chi connectivity index (χ1n) is 5.90. The van der Waals surface area contributed by atoms with Crippen LogP contribution in [0.25, 0.3) is 0 Å². The van der Waals surface area contributed by atoms with Crippen LogP contribution in [0, 0.1) is 17.8 Å². The van der Waals surface area contributed by atoms with E-state index in [1.165, 1.54) is 0 Å². The number of rotatable bonds is 4. The van der Waals surface area contributed by atoms with Crippen molar-refractivity contribution in [2.24, 2.45) is 5.92 Å². The Balaban J connectivity index is 2.23. The fourth-order valence-corrected chi connectivity index (χ4v) is 3.37. The summed E-state index contributed by atoms with van der Waals surface area (Å²) in [6.45, 7) is -0.291. The molecule has 1 aromatic carbocycles. The first-order valence-corrected chi connectivity index (χ1v) is 7.93. The first-order chi connectivity index (χ1) is 9.00. The highest BCUT2D eigenvalue weighted by molar-refractivity contribution is 7.92. The molecule has 1 saturated carbocycles. The van der Waals surface area contributed by atoms with Gasteiger partial charge in [-0.15, -0.1) is 0 Å². The number of sulfonamides is 1. The molecule has 1 aliphatic rings. The van der Waals surface area contributed by atoms with Crippen LogP contribution in [-0.4, -0.2) is 25.9 Å². The average Bonchev–Trinajstić information content (AvgIpc) is 3.12. The van der Waals surface area contributed by atoms with Crippen LogP contribution in [0.2, 0.25) is 5.02 Å². The van der Waals surface area contributed by atoms with Gasteiger partial charge in [-0.2, -0.15) is 0 Å². The number of benzene rings is 1. The van der Waals surface area contributed by atoms with E-state index in [-0.39, 0.29) is 18.3 Å². The number of aliphatic hydroxyl groups excluding tert-OH is 1. The predicted molar refractivity (Wildman–Crippen MR) is 75.5 cm³/mol. The van der Waals surface area contributed by atoms with Crippen LogP contribution >= 0.6 is 11.6 Å². The Labute approximate surface area is 117 Å². The minimum atomic E-state index is -3.36. The summed E-state index contributed by atoms with van der Waals surface area (Å²) < 4.78 is 26.4. The number of halogens is 1. The molecule has 0 bridgehead atoms. The van der Waals surface area contributed by atoms with Crippen molar-refractivity contribution in [1.29, 1.82) is 0 Å². The van der Waals surface area contributed by atoms with Gasteiger partial charge in [0.25, 0.3) is 0 Å². The summed E-state index contributed by atoms with van der Waals surface area (Å²) in [5.74, 6) is 5.58. The largest absolute Gasteiger partial charge is 0.384 e. The van der Waals surface area contributed by atoms with E-state index in [0.717, 1.165) is 12.8 Å². The molecule has 0 aliphatic heterocycles. The van der Waals surface area contributed by atoms with E-state index in [2.05, 4.69) is 16.6 Å². The molecule has 19 heavy (non-hydrogen) atoms. The van der Waals surface area contributed by atoms with Gasteiger partial charge in [0.05, 0.1) is 17.0 Å². The van der Waals surface area contributed by atoms with E-state index < -0.39 is 10.0 Å². The Morgan fingerprint density at radius 2 is 2.16 bits per heavy atom. The zero-order valence-electron chi connectivity index (χ0n) is 10.2. The second kappa shape index (κ2) is 5.83. The molecule has 0 heterocycles. The molecule has 0 saturated heterocycles. The van der Waals surface area contributed by atoms with Gasteiger partial charge in [0.1, 0.15) is 6.61 Å². The molecule has 0 aromatic heterocycles. The quantitative estimate of drug-likeness (QED) is 0.834. The molecule has 0 atom stereocenters. The lowest BCUT2D eigenvalue weighted by Crippen LogP contribution is -2.18. The van der Waals surface area contributed by atoms with Gasteiger partial charge in [-0.25, -0.2) is 8.42 Å². The average molecular weight is 300 g/mol. The number of aliphatic hydroxyl groups is 1. The van der Waals surface area contributed by atoms with Crippen LogP contribution in [0.5, 0.6) is 0 Å². The van der Waals surface area contributed by atoms with Crippen LogP contribution in [0.4, 0.5) is 5.69 Å². The summed E-state index contributed by atoms with van der Waals surface area (Å²) in [5, 5.41) is 9.17. The maximum atomic E-state index is 11.9. The number of anilines is 1. The van der Waals surface area contributed by atoms with E-state index in [0.29, 0.717) is 16.3 Å². The van der Waals surface area contributed by atoms with Gasteiger partial charge in [0.15, 0.2) is 0 Å². The Morgan fingerprint density at radius 1 is 1.42 bits per heavy atom. The molecule has 6 heteroatoms. The molecule has 1 aliphatic carbocycles. The Hall–Kier alpha value is -1.22. The summed E-state index contributed by atoms with van der Waals surface area (Å²) in [7, 11) is -3.36. The Bertz CT molecular complexity index is 627. The summed E-state index contributed by atoms with van der Waals surface area (Å²) in [6, 6.07) is 4.74. The fourth-order valence-electron chi connectivity index (χ4n) is 1.65. The summed E-state index contributed by atoms with van der Waals surface area (Å²) >= 11 is 5.85. The topological polar surface area (TPSA) is 66.4 Å². The number of hydrogen-bond donors (Lipinski definition) is 2. The molecule has 1 aromatic rings. The monoisotopic (exact) mass is 299 g/mol. The lowest BCUT2D eigenvalue weighted by atomic mass is 10.2. The SMILES string of the molecule is O=S(=O)(CC1CC1)Nc1ccc(Cl)cc1C#CCO. The van der Waals surface area contributed by atoms with E-state index in [1.807, 2.05) is 0 Å². The highest BCUT2D eigenvalue weighted by Crippen LogP contribution is 2.31. The van der Waals surface area contributed by atoms with E-state index in [4.69, 9.17) is 16.7 Å². The highest BCUT2D eigenvalue weighted by Gasteiger charge is 2.28. The van der Waals surface area contributed by atoms with Gasteiger partial charge in [-0.3, -0.25) is 4.72 Å². The molecule has 0 amide bonds. The van der Waals surface area contributed by atoms with Gasteiger partial charge in [-0.05, 0) is 37.0 Å². The summed E-state index contributed by atoms with van der Waals surface area (Å²) in [4.78, 5) is 0. The molecule has 2 rings (SSSR count). The molecular formula is C13H14ClNO3S. The smallest absolute Gasteiger partial charge is 0.233 e. The minimum absolute atomic E-state index is 0.141. The third kappa shape index (κ3) is 4.43. The summed E-state index contributed by atoms with van der Waals surface area (Å²) in [5.41, 5.74) is 0.854. The van der Waals surface area contributed by atoms with Gasteiger partial charge in [0, 0.05) is 5.02 Å². The molecule has 0 radical (unpaired) electrons. The highest BCUT2D eigenvalue weighted by atomic mass is 35.5. The fraction of sp³-hybridized carbons (Fsp3) is 0.385. The zero-order valence-corrected chi connectivity index (χ0v) is 11.8. The molecule has 0 unspecified atom stereocenters. The van der Waals surface area contributed by atoms with Crippen molar-refractivity contribution in [3.63, 3.8) is 0 Å². The maximum absolute atomic E-state index is 11.9. The molecule has 0 spiro atoms. The maximum Gasteiger partial charge on any atom is 0.233 e. The van der Waals surface area contributed by atoms with Crippen LogP contribution in [0.1, 0.15) is 18.4 Å². The Morgan fingerprint density at radius 3 is 2.79 bits per heavy atom. The van der Waals surface area contributed by atoms with Crippen LogP contribution in [-0.2, 0) is 10.0 Å². The Kier molecular flexibility index (Phi) is 4.35. The van der Waals surface area contributed by atoms with Gasteiger partial charge < -0.3 is 5.11 Å². The van der Waals surface area contributed by atoms with E-state index in [1.54, 1.807) is 18.2 Å². The van der Waals surface area contributed by atoms with Crippen molar-refractivity contribution < 1.29 is 13.5 Å². The molecule has 1 fully saturated rings. The lowest BCUT2D eigenvalue weighted by Gasteiger charge is -2.09. The van der Waals surface area contributed by atoms with Crippen molar-refractivity contribution in [2.75, 3.05) is 17.1 Å². The zero-order chi connectivity index (χ0) is 13.9. The van der Waals surface area contributed by atoms with Crippen molar-refractivity contribution in [1.82, 2.24) is 0 Å². The van der Waals surface area contributed by atoms with Crippen LogP contribution < -0.4 is 4.72 Å². The second-order valence-electron chi connectivity index (χ2n) is 4.48. The standard InChI is InChI=1S/C13H14ClNO3S/c14-12-5-6-13(11(8-12)2-1-7-16)15-19(17,18)9-10-3-4-10/h5-6,8,10,15-16H,3-4,7,9H2. The van der Waals surface area contributed by atoms with Crippen molar-refractivity contribution in [3.05, 3.63) is 28.8 Å². The second-order valence-corrected chi connectivity index (χ2v) is 6.68. The molecule has 2 N–H and O–H groups in total. The molecule has 102 valence electrons. The number of hydrogen-bond acceptors (Lipinski definition) is 3. The molecule has 4 nitrogen and oxygen atoms in total. The van der Waals surface area contributed by atoms with E-state index in [9.17, 15) is 8.42 Å². The first kappa shape index (κ1) is 14.2. The predicted octanol–water partition coefficient (Wildman–Crippen LogP) is 1.84. The normalized spacial score (nSPS) is 14.6. The van der Waals surface area contributed by atoms with Crippen molar-refractivity contribution in [3.8, 4) is 11.8 Å². The number of nitrogens with one attached hydrogen (secondary N) is 1. The minimum Gasteiger partial charge on any atom is -0.384 e. The van der Waals surface area contributed by atoms with Gasteiger partial charge >= 0.3 is 0 Å². The molecular weight excluding hydrogens is 286 g/mol. The third-order valence-corrected chi connectivity index (χ3v) is 4.38.